The largest absolute Gasteiger partial charge is 0.398 e. The molecule has 0 unspecified atom stereocenters. The molecule has 5 nitrogen and oxygen atoms in total. The molecular formula is C19H24ClN5S. The van der Waals surface area contributed by atoms with Crippen molar-refractivity contribution >= 4 is 41.1 Å². The number of anilines is 2. The molecule has 1 aromatic heterocycles. The van der Waals surface area contributed by atoms with Crippen molar-refractivity contribution in [2.24, 2.45) is 10.4 Å². The van der Waals surface area contributed by atoms with Gasteiger partial charge in [0.25, 0.3) is 0 Å². The Morgan fingerprint density at radius 3 is 2.58 bits per heavy atom. The number of nitrogens with zero attached hydrogens (tertiary/aromatic N) is 4. The van der Waals surface area contributed by atoms with Crippen LogP contribution in [-0.4, -0.2) is 36.3 Å². The average molecular weight is 390 g/mol. The molecule has 0 saturated carbocycles. The van der Waals surface area contributed by atoms with Crippen LogP contribution in [0.5, 0.6) is 0 Å². The van der Waals surface area contributed by atoms with Crippen LogP contribution in [0.3, 0.4) is 0 Å². The lowest BCUT2D eigenvalue weighted by Gasteiger charge is -2.37. The molecule has 0 atom stereocenters. The van der Waals surface area contributed by atoms with Gasteiger partial charge in [-0.05, 0) is 30.4 Å². The third kappa shape index (κ3) is 4.30. The van der Waals surface area contributed by atoms with Crippen LogP contribution in [0.25, 0.3) is 0 Å². The van der Waals surface area contributed by atoms with Crippen molar-refractivity contribution in [2.75, 3.05) is 30.8 Å². The van der Waals surface area contributed by atoms with Crippen molar-refractivity contribution in [1.29, 1.82) is 0 Å². The zero-order valence-electron chi connectivity index (χ0n) is 15.4. The Hall–Kier alpha value is -1.79. The first-order chi connectivity index (χ1) is 12.4. The van der Waals surface area contributed by atoms with E-state index in [1.165, 1.54) is 24.6 Å². The van der Waals surface area contributed by atoms with Gasteiger partial charge in [0.1, 0.15) is 10.8 Å². The highest BCUT2D eigenvalue weighted by Gasteiger charge is 2.26. The number of nitrogen functional groups attached to an aromatic ring is 1. The molecule has 3 rings (SSSR count). The van der Waals surface area contributed by atoms with Crippen LogP contribution < -0.4 is 10.6 Å². The van der Waals surface area contributed by atoms with E-state index in [1.54, 1.807) is 19.5 Å². The van der Waals surface area contributed by atoms with Crippen molar-refractivity contribution in [3.05, 3.63) is 35.1 Å². The molecule has 0 amide bonds. The van der Waals surface area contributed by atoms with E-state index in [-0.39, 0.29) is 0 Å². The standard InChI is InChI=1S/C19H24ClN5S/c1-19(2)6-8-25(9-7-19)16-11-24-17(12-23-16)26-15-5-4-14(21)13(10-22-3)18(15)20/h4-5,10-12H,6-9,21H2,1-3H3. The zero-order chi connectivity index (χ0) is 18.7. The first-order valence-electron chi connectivity index (χ1n) is 8.64. The third-order valence-electron chi connectivity index (χ3n) is 4.71. The molecule has 1 fully saturated rings. The summed E-state index contributed by atoms with van der Waals surface area (Å²) in [6.07, 6.45) is 7.68. The first-order valence-corrected chi connectivity index (χ1v) is 9.84. The Balaban J connectivity index is 1.73. The summed E-state index contributed by atoms with van der Waals surface area (Å²) in [5.74, 6) is 0.937. The number of hydrogen-bond acceptors (Lipinski definition) is 6. The molecule has 2 heterocycles. The number of rotatable bonds is 4. The second kappa shape index (κ2) is 7.84. The quantitative estimate of drug-likeness (QED) is 0.614. The number of aliphatic imine (C=N–C) groups is 1. The molecule has 2 aromatic rings. The Bertz CT molecular complexity index is 794. The molecule has 1 aliphatic heterocycles. The van der Waals surface area contributed by atoms with Crippen molar-refractivity contribution in [1.82, 2.24) is 9.97 Å². The van der Waals surface area contributed by atoms with Gasteiger partial charge in [0.2, 0.25) is 0 Å². The number of benzene rings is 1. The van der Waals surface area contributed by atoms with Gasteiger partial charge < -0.3 is 10.6 Å². The fraction of sp³-hybridized carbons (Fsp3) is 0.421. The van der Waals surface area contributed by atoms with Crippen LogP contribution in [0.2, 0.25) is 5.02 Å². The van der Waals surface area contributed by atoms with Gasteiger partial charge in [-0.15, -0.1) is 0 Å². The van der Waals surface area contributed by atoms with Crippen LogP contribution in [0, 0.1) is 5.41 Å². The summed E-state index contributed by atoms with van der Waals surface area (Å²) < 4.78 is 0. The predicted octanol–water partition coefficient (Wildman–Crippen LogP) is 4.54. The minimum Gasteiger partial charge on any atom is -0.398 e. The number of hydrogen-bond donors (Lipinski definition) is 1. The van der Waals surface area contributed by atoms with Crippen molar-refractivity contribution in [2.45, 2.75) is 36.6 Å². The van der Waals surface area contributed by atoms with Gasteiger partial charge in [-0.2, -0.15) is 0 Å². The molecule has 0 aliphatic carbocycles. The maximum Gasteiger partial charge on any atom is 0.147 e. The van der Waals surface area contributed by atoms with Crippen LogP contribution in [0.1, 0.15) is 32.3 Å². The molecule has 1 saturated heterocycles. The highest BCUT2D eigenvalue weighted by molar-refractivity contribution is 7.99. The summed E-state index contributed by atoms with van der Waals surface area (Å²) in [5.41, 5.74) is 7.74. The van der Waals surface area contributed by atoms with Gasteiger partial charge >= 0.3 is 0 Å². The zero-order valence-corrected chi connectivity index (χ0v) is 16.9. The topological polar surface area (TPSA) is 67.4 Å². The summed E-state index contributed by atoms with van der Waals surface area (Å²) >= 11 is 7.95. The minimum atomic E-state index is 0.422. The van der Waals surface area contributed by atoms with Gasteiger partial charge in [0.05, 0.1) is 17.4 Å². The first kappa shape index (κ1) is 19.0. The number of piperidine rings is 1. The van der Waals surface area contributed by atoms with Crippen molar-refractivity contribution < 1.29 is 0 Å². The Kier molecular flexibility index (Phi) is 5.73. The molecular weight excluding hydrogens is 366 g/mol. The van der Waals surface area contributed by atoms with Crippen LogP contribution in [0.4, 0.5) is 11.5 Å². The van der Waals surface area contributed by atoms with Crippen LogP contribution in [0.15, 0.2) is 39.4 Å². The highest BCUT2D eigenvalue weighted by atomic mass is 35.5. The van der Waals surface area contributed by atoms with E-state index in [0.29, 0.717) is 16.1 Å². The van der Waals surface area contributed by atoms with E-state index in [2.05, 4.69) is 33.7 Å². The predicted molar refractivity (Wildman–Crippen MR) is 111 cm³/mol. The number of halogens is 1. The van der Waals surface area contributed by atoms with Crippen molar-refractivity contribution in [3.63, 3.8) is 0 Å². The monoisotopic (exact) mass is 389 g/mol. The molecule has 1 aromatic carbocycles. The number of aromatic nitrogens is 2. The lowest BCUT2D eigenvalue weighted by molar-refractivity contribution is 0.279. The Morgan fingerprint density at radius 1 is 1.23 bits per heavy atom. The van der Waals surface area contributed by atoms with E-state index in [0.717, 1.165) is 34.4 Å². The second-order valence-corrected chi connectivity index (χ2v) is 8.67. The maximum atomic E-state index is 6.47. The second-order valence-electron chi connectivity index (χ2n) is 7.23. The normalized spacial score (nSPS) is 17.0. The summed E-state index contributed by atoms with van der Waals surface area (Å²) in [6.45, 7) is 6.70. The Labute approximate surface area is 164 Å². The van der Waals surface area contributed by atoms with E-state index in [9.17, 15) is 0 Å². The smallest absolute Gasteiger partial charge is 0.147 e. The summed E-state index contributed by atoms with van der Waals surface area (Å²) in [4.78, 5) is 16.4. The molecule has 1 aliphatic rings. The fourth-order valence-corrected chi connectivity index (χ4v) is 4.01. The number of nitrogens with two attached hydrogens (primary N) is 1. The van der Waals surface area contributed by atoms with E-state index >= 15 is 0 Å². The van der Waals surface area contributed by atoms with Gasteiger partial charge in [0, 0.05) is 42.5 Å². The molecule has 7 heteroatoms. The molecule has 26 heavy (non-hydrogen) atoms. The summed E-state index contributed by atoms with van der Waals surface area (Å²) in [6, 6.07) is 3.74. The summed E-state index contributed by atoms with van der Waals surface area (Å²) in [5, 5.41) is 1.39. The van der Waals surface area contributed by atoms with Gasteiger partial charge in [-0.1, -0.05) is 37.2 Å². The van der Waals surface area contributed by atoms with E-state index < -0.39 is 0 Å². The van der Waals surface area contributed by atoms with E-state index in [1.807, 2.05) is 18.3 Å². The van der Waals surface area contributed by atoms with Crippen LogP contribution in [-0.2, 0) is 0 Å². The third-order valence-corrected chi connectivity index (χ3v) is 6.21. The molecule has 0 spiro atoms. The highest BCUT2D eigenvalue weighted by Crippen LogP contribution is 2.36. The SMILES string of the molecule is CN=Cc1c(N)ccc(Sc2cnc(N3CCC(C)(C)CC3)cn2)c1Cl. The molecule has 138 valence electrons. The molecule has 0 radical (unpaired) electrons. The van der Waals surface area contributed by atoms with Gasteiger partial charge in [-0.25, -0.2) is 9.97 Å². The van der Waals surface area contributed by atoms with Crippen LogP contribution >= 0.6 is 23.4 Å². The average Bonchev–Trinajstić information content (AvgIpc) is 2.62. The Morgan fingerprint density at radius 2 is 1.96 bits per heavy atom. The lowest BCUT2D eigenvalue weighted by Crippen LogP contribution is -2.37. The lowest BCUT2D eigenvalue weighted by atomic mass is 9.83. The van der Waals surface area contributed by atoms with Crippen molar-refractivity contribution in [3.8, 4) is 0 Å². The van der Waals surface area contributed by atoms with E-state index in [4.69, 9.17) is 17.3 Å². The fourth-order valence-electron chi connectivity index (χ4n) is 2.91. The molecule has 2 N–H and O–H groups in total. The maximum absolute atomic E-state index is 6.47. The molecule has 0 bridgehead atoms. The summed E-state index contributed by atoms with van der Waals surface area (Å²) in [7, 11) is 1.70. The minimum absolute atomic E-state index is 0.422. The van der Waals surface area contributed by atoms with Gasteiger partial charge in [-0.3, -0.25) is 4.99 Å². The van der Waals surface area contributed by atoms with Gasteiger partial charge in [0.15, 0.2) is 0 Å².